The Balaban J connectivity index is 1.51. The van der Waals surface area contributed by atoms with Gasteiger partial charge in [0.15, 0.2) is 11.9 Å². The number of piperazine rings is 1. The number of rotatable bonds is 4. The molecule has 3 heterocycles. The number of ether oxygens (including phenoxy) is 1. The van der Waals surface area contributed by atoms with E-state index in [4.69, 9.17) is 4.74 Å². The minimum atomic E-state index is -0.513. The van der Waals surface area contributed by atoms with Gasteiger partial charge in [0.1, 0.15) is 5.76 Å². The fourth-order valence-electron chi connectivity index (χ4n) is 4.38. The highest BCUT2D eigenvalue weighted by molar-refractivity contribution is 6.31. The second-order valence-electron chi connectivity index (χ2n) is 7.76. The van der Waals surface area contributed by atoms with Gasteiger partial charge in [-0.2, -0.15) is 0 Å². The van der Waals surface area contributed by atoms with Crippen LogP contribution in [0.25, 0.3) is 11.3 Å². The molecule has 1 fully saturated rings. The molecule has 2 aromatic rings. The van der Waals surface area contributed by atoms with Crippen LogP contribution < -0.4 is 5.32 Å². The van der Waals surface area contributed by atoms with Gasteiger partial charge in [-0.05, 0) is 29.7 Å². The predicted octanol–water partition coefficient (Wildman–Crippen LogP) is 1.95. The molecule has 0 amide bonds. The Morgan fingerprint density at radius 2 is 1.83 bits per heavy atom. The van der Waals surface area contributed by atoms with E-state index in [0.29, 0.717) is 24.3 Å². The fourth-order valence-corrected chi connectivity index (χ4v) is 4.38. The average Bonchev–Trinajstić information content (AvgIpc) is 3.29. The van der Waals surface area contributed by atoms with Gasteiger partial charge in [0, 0.05) is 62.7 Å². The van der Waals surface area contributed by atoms with Gasteiger partial charge < -0.3 is 10.1 Å². The first-order valence-electron chi connectivity index (χ1n) is 10.2. The summed E-state index contributed by atoms with van der Waals surface area (Å²) in [4.78, 5) is 31.8. The first kappa shape index (κ1) is 18.2. The third-order valence-corrected chi connectivity index (χ3v) is 5.92. The number of benzene rings is 1. The number of hydrogen-bond acceptors (Lipinski definition) is 6. The Bertz CT molecular complexity index is 994. The predicted molar refractivity (Wildman–Crippen MR) is 109 cm³/mol. The third kappa shape index (κ3) is 3.39. The Kier molecular flexibility index (Phi) is 4.73. The quantitative estimate of drug-likeness (QED) is 0.862. The van der Waals surface area contributed by atoms with Crippen molar-refractivity contribution in [3.05, 3.63) is 65.0 Å². The van der Waals surface area contributed by atoms with E-state index < -0.39 is 6.10 Å². The van der Waals surface area contributed by atoms with Crippen molar-refractivity contribution in [2.24, 2.45) is 0 Å². The molecule has 6 heteroatoms. The van der Waals surface area contributed by atoms with E-state index in [0.717, 1.165) is 54.9 Å². The van der Waals surface area contributed by atoms with Crippen LogP contribution in [0.1, 0.15) is 33.5 Å². The van der Waals surface area contributed by atoms with Crippen molar-refractivity contribution in [2.45, 2.75) is 18.9 Å². The lowest BCUT2D eigenvalue weighted by atomic mass is 9.94. The maximum Gasteiger partial charge on any atom is 0.208 e. The maximum absolute atomic E-state index is 13.4. The summed E-state index contributed by atoms with van der Waals surface area (Å²) in [7, 11) is 0. The number of nitrogens with one attached hydrogen (secondary N) is 1. The van der Waals surface area contributed by atoms with Crippen molar-refractivity contribution in [3.63, 3.8) is 0 Å². The standard InChI is InChI=1S/C23H23N3O3/c27-19-4-2-16-13-17(1-3-18(16)19)21-22(28)20(14-26-11-9-25-10-12-26)29-23(21)15-5-7-24-8-6-15/h1,3,5-8,13,20,25H,2,4,9-12,14H2. The molecule has 1 aliphatic carbocycles. The van der Waals surface area contributed by atoms with Gasteiger partial charge in [-0.25, -0.2) is 0 Å². The summed E-state index contributed by atoms with van der Waals surface area (Å²) in [5, 5.41) is 3.34. The first-order valence-corrected chi connectivity index (χ1v) is 10.2. The van der Waals surface area contributed by atoms with E-state index in [1.165, 1.54) is 0 Å². The van der Waals surface area contributed by atoms with Crippen molar-refractivity contribution in [1.29, 1.82) is 0 Å². The minimum absolute atomic E-state index is 0.0135. The highest BCUT2D eigenvalue weighted by Crippen LogP contribution is 2.38. The average molecular weight is 389 g/mol. The van der Waals surface area contributed by atoms with Crippen LogP contribution in [0.5, 0.6) is 0 Å². The van der Waals surface area contributed by atoms with E-state index in [1.807, 2.05) is 30.3 Å². The van der Waals surface area contributed by atoms with Crippen molar-refractivity contribution in [1.82, 2.24) is 15.2 Å². The minimum Gasteiger partial charge on any atom is -0.479 e. The summed E-state index contributed by atoms with van der Waals surface area (Å²) in [5.41, 5.74) is 4.09. The molecule has 2 aliphatic heterocycles. The normalized spacial score (nSPS) is 22.1. The van der Waals surface area contributed by atoms with Gasteiger partial charge in [0.2, 0.25) is 5.78 Å². The molecule has 3 aliphatic rings. The topological polar surface area (TPSA) is 71.5 Å². The number of fused-ring (bicyclic) bond motifs is 1. The van der Waals surface area contributed by atoms with E-state index >= 15 is 0 Å². The van der Waals surface area contributed by atoms with Crippen LogP contribution in [0.3, 0.4) is 0 Å². The molecule has 5 rings (SSSR count). The Morgan fingerprint density at radius 1 is 1.03 bits per heavy atom. The number of pyridine rings is 1. The Labute approximate surface area is 169 Å². The van der Waals surface area contributed by atoms with Crippen LogP contribution in [0, 0.1) is 0 Å². The summed E-state index contributed by atoms with van der Waals surface area (Å²) < 4.78 is 6.24. The second-order valence-corrected chi connectivity index (χ2v) is 7.76. The summed E-state index contributed by atoms with van der Waals surface area (Å²) in [5.74, 6) is 0.807. The summed E-state index contributed by atoms with van der Waals surface area (Å²) in [6, 6.07) is 9.46. The van der Waals surface area contributed by atoms with E-state index in [2.05, 4.69) is 15.2 Å². The van der Waals surface area contributed by atoms with Crippen LogP contribution in [-0.2, 0) is 16.0 Å². The smallest absolute Gasteiger partial charge is 0.208 e. The van der Waals surface area contributed by atoms with Gasteiger partial charge >= 0.3 is 0 Å². The fraction of sp³-hybridized carbons (Fsp3) is 0.348. The molecule has 0 saturated carbocycles. The molecule has 1 aromatic heterocycles. The number of carbonyl (C=O) groups is 2. The van der Waals surface area contributed by atoms with Crippen molar-refractivity contribution < 1.29 is 14.3 Å². The van der Waals surface area contributed by atoms with Crippen LogP contribution >= 0.6 is 0 Å². The van der Waals surface area contributed by atoms with Gasteiger partial charge in [0.25, 0.3) is 0 Å². The van der Waals surface area contributed by atoms with Crippen molar-refractivity contribution in [2.75, 3.05) is 32.7 Å². The van der Waals surface area contributed by atoms with Crippen LogP contribution in [-0.4, -0.2) is 60.3 Å². The lowest BCUT2D eigenvalue weighted by Crippen LogP contribution is -2.47. The summed E-state index contributed by atoms with van der Waals surface area (Å²) in [6.07, 6.45) is 4.18. The van der Waals surface area contributed by atoms with E-state index in [1.54, 1.807) is 12.4 Å². The molecule has 0 radical (unpaired) electrons. The second kappa shape index (κ2) is 7.54. The van der Waals surface area contributed by atoms with Gasteiger partial charge in [-0.1, -0.05) is 18.2 Å². The molecule has 148 valence electrons. The number of hydrogen-bond donors (Lipinski definition) is 1. The Morgan fingerprint density at radius 3 is 2.62 bits per heavy atom. The molecule has 1 atom stereocenters. The molecule has 1 unspecified atom stereocenters. The zero-order chi connectivity index (χ0) is 19.8. The van der Waals surface area contributed by atoms with Gasteiger partial charge in [-0.15, -0.1) is 0 Å². The molecule has 1 N–H and O–H groups in total. The van der Waals surface area contributed by atoms with Crippen molar-refractivity contribution >= 4 is 22.9 Å². The molecular formula is C23H23N3O3. The number of nitrogens with zero attached hydrogens (tertiary/aromatic N) is 2. The molecule has 1 aromatic carbocycles. The number of aryl methyl sites for hydroxylation is 1. The lowest BCUT2D eigenvalue weighted by molar-refractivity contribution is -0.120. The highest BCUT2D eigenvalue weighted by Gasteiger charge is 2.38. The molecule has 1 saturated heterocycles. The van der Waals surface area contributed by atoms with E-state index in [9.17, 15) is 9.59 Å². The summed E-state index contributed by atoms with van der Waals surface area (Å²) in [6.45, 7) is 4.26. The molecule has 29 heavy (non-hydrogen) atoms. The molecule has 0 bridgehead atoms. The maximum atomic E-state index is 13.4. The van der Waals surface area contributed by atoms with Crippen LogP contribution in [0.2, 0.25) is 0 Å². The van der Waals surface area contributed by atoms with E-state index in [-0.39, 0.29) is 11.6 Å². The summed E-state index contributed by atoms with van der Waals surface area (Å²) >= 11 is 0. The largest absolute Gasteiger partial charge is 0.479 e. The van der Waals surface area contributed by atoms with Gasteiger partial charge in [-0.3, -0.25) is 19.5 Å². The third-order valence-electron chi connectivity index (χ3n) is 5.92. The monoisotopic (exact) mass is 389 g/mol. The molecular weight excluding hydrogens is 366 g/mol. The SMILES string of the molecule is O=C1CCc2cc(C3=C(c4ccncc4)OC(CN4CCNCC4)C3=O)ccc21. The number of Topliss-reactive ketones (excluding diaryl/α,β-unsaturated/α-hetero) is 2. The highest BCUT2D eigenvalue weighted by atomic mass is 16.5. The number of aromatic nitrogens is 1. The first-order chi connectivity index (χ1) is 14.2. The van der Waals surface area contributed by atoms with Crippen LogP contribution in [0.4, 0.5) is 0 Å². The zero-order valence-corrected chi connectivity index (χ0v) is 16.2. The molecule has 0 spiro atoms. The lowest BCUT2D eigenvalue weighted by Gasteiger charge is -2.29. The van der Waals surface area contributed by atoms with Crippen molar-refractivity contribution in [3.8, 4) is 0 Å². The van der Waals surface area contributed by atoms with Gasteiger partial charge in [0.05, 0.1) is 5.57 Å². The molecule has 6 nitrogen and oxygen atoms in total. The number of ketones is 2. The van der Waals surface area contributed by atoms with Crippen LogP contribution in [0.15, 0.2) is 42.7 Å². The zero-order valence-electron chi connectivity index (χ0n) is 16.2. The number of carbonyl (C=O) groups excluding carboxylic acids is 2. The Hall–Kier alpha value is -2.83.